The zero-order valence-electron chi connectivity index (χ0n) is 10.3. The largest absolute Gasteiger partial charge is 0.295 e. The molecule has 1 atom stereocenters. The Morgan fingerprint density at radius 3 is 2.95 bits per heavy atom. The van der Waals surface area contributed by atoms with Crippen molar-refractivity contribution >= 4 is 23.2 Å². The zero-order chi connectivity index (χ0) is 13.4. The van der Waals surface area contributed by atoms with Crippen LogP contribution < -0.4 is 5.32 Å². The Labute approximate surface area is 113 Å². The molecule has 0 aliphatic carbocycles. The van der Waals surface area contributed by atoms with Crippen molar-refractivity contribution in [2.24, 2.45) is 0 Å². The molecule has 19 heavy (non-hydrogen) atoms. The van der Waals surface area contributed by atoms with Gasteiger partial charge in [-0.3, -0.25) is 14.9 Å². The van der Waals surface area contributed by atoms with E-state index in [-0.39, 0.29) is 11.8 Å². The van der Waals surface area contributed by atoms with Crippen LogP contribution in [0.2, 0.25) is 0 Å². The summed E-state index contributed by atoms with van der Waals surface area (Å²) in [5.41, 5.74) is 2.92. The molecule has 0 radical (unpaired) electrons. The number of nitrogens with zero attached hydrogens (tertiary/aromatic N) is 3. The summed E-state index contributed by atoms with van der Waals surface area (Å²) in [5.74, 6) is -0.537. The van der Waals surface area contributed by atoms with E-state index in [1.165, 1.54) is 4.68 Å². The maximum absolute atomic E-state index is 11.7. The minimum atomic E-state index is -0.446. The van der Waals surface area contributed by atoms with Gasteiger partial charge in [-0.2, -0.15) is 11.3 Å². The second-order valence-electron chi connectivity index (χ2n) is 4.52. The molecule has 0 spiro atoms. The van der Waals surface area contributed by atoms with Gasteiger partial charge < -0.3 is 0 Å². The Hall–Kier alpha value is -2.02. The molecule has 1 aliphatic rings. The average molecular weight is 276 g/mol. The maximum Gasteiger partial charge on any atom is 0.251 e. The molecule has 0 saturated carbocycles. The van der Waals surface area contributed by atoms with Gasteiger partial charge in [0, 0.05) is 17.4 Å². The van der Waals surface area contributed by atoms with Crippen LogP contribution in [0.3, 0.4) is 0 Å². The first-order valence-electron chi connectivity index (χ1n) is 5.94. The summed E-state index contributed by atoms with van der Waals surface area (Å²) in [4.78, 5) is 22.9. The van der Waals surface area contributed by atoms with Gasteiger partial charge in [-0.25, -0.2) is 4.68 Å². The van der Waals surface area contributed by atoms with Gasteiger partial charge in [0.25, 0.3) is 5.91 Å². The highest BCUT2D eigenvalue weighted by molar-refractivity contribution is 7.08. The summed E-state index contributed by atoms with van der Waals surface area (Å²) in [5, 5.41) is 14.5. The number of piperidine rings is 1. The molecule has 3 heterocycles. The van der Waals surface area contributed by atoms with E-state index in [2.05, 4.69) is 15.6 Å². The molecule has 1 unspecified atom stereocenters. The fourth-order valence-corrected chi connectivity index (χ4v) is 2.95. The Balaban J connectivity index is 1.88. The second-order valence-corrected chi connectivity index (χ2v) is 5.26. The first kappa shape index (κ1) is 12.0. The molecule has 98 valence electrons. The van der Waals surface area contributed by atoms with Crippen molar-refractivity contribution in [3.05, 3.63) is 22.5 Å². The monoisotopic (exact) mass is 276 g/mol. The summed E-state index contributed by atoms with van der Waals surface area (Å²) < 4.78 is 1.54. The van der Waals surface area contributed by atoms with E-state index < -0.39 is 6.04 Å². The van der Waals surface area contributed by atoms with Crippen LogP contribution in [0, 0.1) is 6.92 Å². The van der Waals surface area contributed by atoms with Crippen LogP contribution in [0.25, 0.3) is 11.3 Å². The molecular weight excluding hydrogens is 264 g/mol. The third-order valence-corrected chi connectivity index (χ3v) is 4.03. The van der Waals surface area contributed by atoms with E-state index in [9.17, 15) is 9.59 Å². The molecule has 1 saturated heterocycles. The zero-order valence-corrected chi connectivity index (χ0v) is 11.1. The summed E-state index contributed by atoms with van der Waals surface area (Å²) in [6, 6.07) is -0.446. The minimum absolute atomic E-state index is 0.227. The van der Waals surface area contributed by atoms with Crippen molar-refractivity contribution in [2.45, 2.75) is 25.8 Å². The second kappa shape index (κ2) is 4.58. The van der Waals surface area contributed by atoms with Crippen LogP contribution in [-0.4, -0.2) is 26.8 Å². The first-order chi connectivity index (χ1) is 9.15. The number of thiophene rings is 1. The summed E-state index contributed by atoms with van der Waals surface area (Å²) in [6.07, 6.45) is 2.56. The van der Waals surface area contributed by atoms with Crippen molar-refractivity contribution in [2.75, 3.05) is 0 Å². The molecule has 1 N–H and O–H groups in total. The standard InChI is InChI=1S/C12H12N4O2S/c1-7-5-19-6-8(7)9-4-16(15-14-9)10-2-3-11(17)13-12(10)18/h4-6,10H,2-3H2,1H3,(H,13,17,18). The van der Waals surface area contributed by atoms with E-state index in [1.807, 2.05) is 17.7 Å². The Morgan fingerprint density at radius 1 is 1.42 bits per heavy atom. The predicted octanol–water partition coefficient (Wildman–Crippen LogP) is 1.29. The number of imide groups is 1. The van der Waals surface area contributed by atoms with Crippen LogP contribution in [0.4, 0.5) is 0 Å². The number of rotatable bonds is 2. The third-order valence-electron chi connectivity index (χ3n) is 3.17. The number of carbonyl (C=O) groups is 2. The lowest BCUT2D eigenvalue weighted by Gasteiger charge is -2.20. The van der Waals surface area contributed by atoms with E-state index in [1.54, 1.807) is 17.5 Å². The predicted molar refractivity (Wildman–Crippen MR) is 69.5 cm³/mol. The lowest BCUT2D eigenvalue weighted by atomic mass is 10.1. The molecule has 6 nitrogen and oxygen atoms in total. The molecule has 0 aromatic carbocycles. The topological polar surface area (TPSA) is 76.9 Å². The molecule has 2 aromatic heterocycles. The average Bonchev–Trinajstić information content (AvgIpc) is 2.97. The fourth-order valence-electron chi connectivity index (χ4n) is 2.11. The van der Waals surface area contributed by atoms with Crippen molar-refractivity contribution in [3.8, 4) is 11.3 Å². The van der Waals surface area contributed by atoms with E-state index >= 15 is 0 Å². The lowest BCUT2D eigenvalue weighted by molar-refractivity contribution is -0.136. The molecule has 0 bridgehead atoms. The van der Waals surface area contributed by atoms with Crippen LogP contribution in [-0.2, 0) is 9.59 Å². The van der Waals surface area contributed by atoms with Crippen molar-refractivity contribution in [1.82, 2.24) is 20.3 Å². The molecule has 1 aliphatic heterocycles. The van der Waals surface area contributed by atoms with Crippen molar-refractivity contribution in [3.63, 3.8) is 0 Å². The highest BCUT2D eigenvalue weighted by Gasteiger charge is 2.29. The number of aromatic nitrogens is 3. The number of hydrogen-bond donors (Lipinski definition) is 1. The molecule has 2 amide bonds. The number of amides is 2. The van der Waals surface area contributed by atoms with Gasteiger partial charge in [-0.05, 0) is 24.3 Å². The Kier molecular flexibility index (Phi) is 2.90. The van der Waals surface area contributed by atoms with Gasteiger partial charge in [0.15, 0.2) is 0 Å². The Morgan fingerprint density at radius 2 is 2.26 bits per heavy atom. The summed E-state index contributed by atoms with van der Waals surface area (Å²) in [7, 11) is 0. The quantitative estimate of drug-likeness (QED) is 0.839. The molecule has 2 aromatic rings. The van der Waals surface area contributed by atoms with Crippen molar-refractivity contribution < 1.29 is 9.59 Å². The van der Waals surface area contributed by atoms with E-state index in [0.29, 0.717) is 12.8 Å². The molecule has 1 fully saturated rings. The number of hydrogen-bond acceptors (Lipinski definition) is 5. The van der Waals surface area contributed by atoms with Crippen molar-refractivity contribution in [1.29, 1.82) is 0 Å². The van der Waals surface area contributed by atoms with E-state index in [0.717, 1.165) is 16.8 Å². The molecule has 7 heteroatoms. The van der Waals surface area contributed by atoms with Gasteiger partial charge in [-0.1, -0.05) is 5.21 Å². The Bertz CT molecular complexity index is 646. The lowest BCUT2D eigenvalue weighted by Crippen LogP contribution is -2.41. The SMILES string of the molecule is Cc1cscc1-c1cn(C2CCC(=O)NC2=O)nn1. The first-order valence-corrected chi connectivity index (χ1v) is 6.88. The molecule has 3 rings (SSSR count). The number of aryl methyl sites for hydroxylation is 1. The van der Waals surface area contributed by atoms with Gasteiger partial charge in [-0.15, -0.1) is 5.10 Å². The normalized spacial score (nSPS) is 19.5. The van der Waals surface area contributed by atoms with Gasteiger partial charge in [0.1, 0.15) is 11.7 Å². The molecular formula is C12H12N4O2S. The minimum Gasteiger partial charge on any atom is -0.295 e. The van der Waals surface area contributed by atoms with Gasteiger partial charge in [0.2, 0.25) is 5.91 Å². The van der Waals surface area contributed by atoms with Gasteiger partial charge in [0.05, 0.1) is 6.20 Å². The van der Waals surface area contributed by atoms with Crippen LogP contribution in [0.15, 0.2) is 17.0 Å². The van der Waals surface area contributed by atoms with Crippen LogP contribution in [0.1, 0.15) is 24.4 Å². The fraction of sp³-hybridized carbons (Fsp3) is 0.333. The third kappa shape index (κ3) is 2.17. The highest BCUT2D eigenvalue weighted by atomic mass is 32.1. The van der Waals surface area contributed by atoms with E-state index in [4.69, 9.17) is 0 Å². The smallest absolute Gasteiger partial charge is 0.251 e. The maximum atomic E-state index is 11.7. The van der Waals surface area contributed by atoms with Crippen LogP contribution in [0.5, 0.6) is 0 Å². The number of carbonyl (C=O) groups excluding carboxylic acids is 2. The summed E-state index contributed by atoms with van der Waals surface area (Å²) in [6.45, 7) is 2.01. The summed E-state index contributed by atoms with van der Waals surface area (Å²) >= 11 is 1.61. The number of nitrogens with one attached hydrogen (secondary N) is 1. The van der Waals surface area contributed by atoms with Crippen LogP contribution >= 0.6 is 11.3 Å². The highest BCUT2D eigenvalue weighted by Crippen LogP contribution is 2.26. The van der Waals surface area contributed by atoms with Gasteiger partial charge >= 0.3 is 0 Å².